The number of hydrogen-bond acceptors (Lipinski definition) is 12. The molecular weight excluding hydrogens is 485 g/mol. The zero-order chi connectivity index (χ0) is 24.6. The van der Waals surface area contributed by atoms with Crippen molar-refractivity contribution in [2.24, 2.45) is 4.99 Å². The number of aliphatic imine (C=N–C) groups is 1. The van der Waals surface area contributed by atoms with Gasteiger partial charge in [-0.25, -0.2) is 9.79 Å². The van der Waals surface area contributed by atoms with Crippen LogP contribution in [0.4, 0.5) is 5.88 Å². The molecule has 1 fully saturated rings. The van der Waals surface area contributed by atoms with Gasteiger partial charge in [-0.1, -0.05) is 0 Å². The molecule has 16 heteroatoms. The number of carbonyl (C=O) groups is 1. The SMILES string of the molecule is CCNC1=C2NCN(c3oc(CO[C@@](C)(C(=O)OCC)P(=O)(O)O)c(O)c3O)[C@H]2N=C(Cl)N1. The zero-order valence-electron chi connectivity index (χ0n) is 18.0. The second kappa shape index (κ2) is 9.31. The molecule has 0 aliphatic carbocycles. The van der Waals surface area contributed by atoms with Gasteiger partial charge in [-0.2, -0.15) is 0 Å². The van der Waals surface area contributed by atoms with Gasteiger partial charge < -0.3 is 49.8 Å². The first-order valence-electron chi connectivity index (χ1n) is 9.83. The monoisotopic (exact) mass is 509 g/mol. The smallest absolute Gasteiger partial charge is 0.368 e. The van der Waals surface area contributed by atoms with E-state index in [-0.39, 0.29) is 30.2 Å². The van der Waals surface area contributed by atoms with Crippen LogP contribution < -0.4 is 20.9 Å². The van der Waals surface area contributed by atoms with Gasteiger partial charge in [-0.3, -0.25) is 9.46 Å². The Bertz CT molecular complexity index is 1040. The highest BCUT2D eigenvalue weighted by Gasteiger charge is 2.53. The molecular formula is C17H25ClN5O9P. The van der Waals surface area contributed by atoms with E-state index in [2.05, 4.69) is 20.9 Å². The molecule has 7 N–H and O–H groups in total. The third-order valence-corrected chi connectivity index (χ3v) is 6.56. The number of hydrogen-bond donors (Lipinski definition) is 7. The van der Waals surface area contributed by atoms with Crippen molar-refractivity contribution in [1.29, 1.82) is 0 Å². The van der Waals surface area contributed by atoms with Crippen molar-refractivity contribution in [1.82, 2.24) is 16.0 Å². The van der Waals surface area contributed by atoms with Crippen molar-refractivity contribution in [3.63, 3.8) is 0 Å². The minimum absolute atomic E-state index is 0.0825. The van der Waals surface area contributed by atoms with Gasteiger partial charge >= 0.3 is 13.6 Å². The molecule has 0 radical (unpaired) electrons. The number of halogens is 1. The number of amidine groups is 1. The summed E-state index contributed by atoms with van der Waals surface area (Å²) < 4.78 is 27.3. The van der Waals surface area contributed by atoms with Gasteiger partial charge in [0.15, 0.2) is 17.2 Å². The minimum Gasteiger partial charge on any atom is -0.502 e. The maximum atomic E-state index is 12.1. The van der Waals surface area contributed by atoms with Gasteiger partial charge in [0.1, 0.15) is 12.4 Å². The summed E-state index contributed by atoms with van der Waals surface area (Å²) in [5.74, 6) is -2.66. The first-order valence-corrected chi connectivity index (χ1v) is 11.8. The van der Waals surface area contributed by atoms with Gasteiger partial charge in [0, 0.05) is 6.54 Å². The molecule has 14 nitrogen and oxygen atoms in total. The van der Waals surface area contributed by atoms with Crippen molar-refractivity contribution in [3.8, 4) is 11.5 Å². The number of anilines is 1. The van der Waals surface area contributed by atoms with Crippen LogP contribution in [0.5, 0.6) is 11.5 Å². The summed E-state index contributed by atoms with van der Waals surface area (Å²) in [6, 6.07) is 0. The fourth-order valence-corrected chi connectivity index (χ4v) is 3.86. The Morgan fingerprint density at radius 2 is 2.09 bits per heavy atom. The third-order valence-electron chi connectivity index (χ3n) is 4.95. The molecule has 3 heterocycles. The predicted octanol–water partition coefficient (Wildman–Crippen LogP) is 0.334. The third kappa shape index (κ3) is 4.57. The summed E-state index contributed by atoms with van der Waals surface area (Å²) in [6.45, 7) is 4.03. The summed E-state index contributed by atoms with van der Waals surface area (Å²) in [5.41, 5.74) is 0.616. The Balaban J connectivity index is 1.88. The van der Waals surface area contributed by atoms with E-state index in [1.165, 1.54) is 11.8 Å². The number of rotatable bonds is 9. The molecule has 3 rings (SSSR count). The molecule has 33 heavy (non-hydrogen) atoms. The minimum atomic E-state index is -5.15. The number of carbonyl (C=O) groups excluding carboxylic acids is 1. The number of aromatic hydroxyl groups is 2. The van der Waals surface area contributed by atoms with E-state index >= 15 is 0 Å². The maximum absolute atomic E-state index is 12.1. The average molecular weight is 510 g/mol. The lowest BCUT2D eigenvalue weighted by molar-refractivity contribution is -0.163. The van der Waals surface area contributed by atoms with E-state index in [1.54, 1.807) is 0 Å². The van der Waals surface area contributed by atoms with Crippen LogP contribution >= 0.6 is 19.2 Å². The van der Waals surface area contributed by atoms with E-state index in [0.29, 0.717) is 18.1 Å². The Labute approximate surface area is 193 Å². The van der Waals surface area contributed by atoms with E-state index in [1.807, 2.05) is 6.92 Å². The lowest BCUT2D eigenvalue weighted by Crippen LogP contribution is -2.40. The van der Waals surface area contributed by atoms with E-state index in [4.69, 9.17) is 25.5 Å². The second-order valence-corrected chi connectivity index (χ2v) is 9.41. The zero-order valence-corrected chi connectivity index (χ0v) is 19.6. The summed E-state index contributed by atoms with van der Waals surface area (Å²) in [4.78, 5) is 37.1. The molecule has 1 saturated heterocycles. The quantitative estimate of drug-likeness (QED) is 0.137. The number of esters is 1. The maximum Gasteiger partial charge on any atom is 0.368 e. The number of furan rings is 1. The molecule has 184 valence electrons. The largest absolute Gasteiger partial charge is 0.502 e. The van der Waals surface area contributed by atoms with Gasteiger partial charge in [0.05, 0.1) is 19.0 Å². The highest BCUT2D eigenvalue weighted by molar-refractivity contribution is 7.54. The molecule has 1 aromatic rings. The van der Waals surface area contributed by atoms with Crippen LogP contribution in [0.25, 0.3) is 0 Å². The van der Waals surface area contributed by atoms with Gasteiger partial charge in [-0.15, -0.1) is 0 Å². The highest BCUT2D eigenvalue weighted by atomic mass is 35.5. The number of nitrogens with zero attached hydrogens (tertiary/aromatic N) is 2. The van der Waals surface area contributed by atoms with Crippen LogP contribution in [-0.4, -0.2) is 62.6 Å². The Morgan fingerprint density at radius 1 is 1.39 bits per heavy atom. The normalized spacial score (nSPS) is 19.9. The van der Waals surface area contributed by atoms with Crippen molar-refractivity contribution in [3.05, 3.63) is 17.3 Å². The van der Waals surface area contributed by atoms with E-state index in [0.717, 1.165) is 6.92 Å². The fourth-order valence-electron chi connectivity index (χ4n) is 3.14. The van der Waals surface area contributed by atoms with Gasteiger partial charge in [0.25, 0.3) is 5.34 Å². The number of ether oxygens (including phenoxy) is 2. The van der Waals surface area contributed by atoms with Crippen LogP contribution in [0.3, 0.4) is 0 Å². The van der Waals surface area contributed by atoms with Crippen LogP contribution in [0.1, 0.15) is 26.5 Å². The van der Waals surface area contributed by atoms with Crippen LogP contribution in [0.15, 0.2) is 20.9 Å². The molecule has 0 amide bonds. The molecule has 2 aliphatic heterocycles. The fraction of sp³-hybridized carbons (Fsp3) is 0.529. The van der Waals surface area contributed by atoms with Crippen LogP contribution in [0, 0.1) is 0 Å². The molecule has 0 saturated carbocycles. The Kier molecular flexibility index (Phi) is 7.05. The standard InChI is InChI=1S/C17H25ClN5O9P/c1-4-19-12-9-13(22-16(18)21-12)23(7-20-9)14-11(25)10(24)8(32-14)6-31-17(3,33(27,28)29)15(26)30-5-2/h13,19-20,24-25H,4-7H2,1-3H3,(H,21,22)(H2,27,28,29)/t13-,17-/m1/s1. The molecule has 2 aliphatic rings. The Morgan fingerprint density at radius 3 is 2.70 bits per heavy atom. The summed E-state index contributed by atoms with van der Waals surface area (Å²) in [6.07, 6.45) is -0.724. The summed E-state index contributed by atoms with van der Waals surface area (Å²) in [5, 5.41) is 27.3. The molecule has 0 bridgehead atoms. The van der Waals surface area contributed by atoms with Crippen molar-refractivity contribution < 1.29 is 43.3 Å². The average Bonchev–Trinajstić information content (AvgIpc) is 3.27. The summed E-state index contributed by atoms with van der Waals surface area (Å²) in [7, 11) is -5.15. The molecule has 0 unspecified atom stereocenters. The topological polar surface area (TPSA) is 198 Å². The van der Waals surface area contributed by atoms with Crippen molar-refractivity contribution in [2.75, 3.05) is 24.7 Å². The van der Waals surface area contributed by atoms with Crippen LogP contribution in [-0.2, 0) is 25.4 Å². The predicted molar refractivity (Wildman–Crippen MR) is 115 cm³/mol. The molecule has 1 aromatic heterocycles. The number of nitrogens with one attached hydrogen (secondary N) is 3. The second-order valence-electron chi connectivity index (χ2n) is 7.11. The molecule has 2 atom stereocenters. The van der Waals surface area contributed by atoms with Crippen molar-refractivity contribution in [2.45, 2.75) is 38.9 Å². The first-order chi connectivity index (χ1) is 15.4. The Hall–Kier alpha value is -2.64. The number of fused-ring (bicyclic) bond motifs is 1. The molecule has 0 spiro atoms. The van der Waals surface area contributed by atoms with Crippen LogP contribution in [0.2, 0.25) is 0 Å². The van der Waals surface area contributed by atoms with E-state index < -0.39 is 43.2 Å². The lowest BCUT2D eigenvalue weighted by atomic mass is 10.3. The molecule has 0 aromatic carbocycles. The van der Waals surface area contributed by atoms with E-state index in [9.17, 15) is 29.4 Å². The first kappa shape index (κ1) is 25.0. The van der Waals surface area contributed by atoms with Gasteiger partial charge in [-0.05, 0) is 32.4 Å². The van der Waals surface area contributed by atoms with Crippen molar-refractivity contribution >= 4 is 36.3 Å². The highest BCUT2D eigenvalue weighted by Crippen LogP contribution is 2.53. The van der Waals surface area contributed by atoms with Gasteiger partial charge in [0.2, 0.25) is 17.4 Å². The summed E-state index contributed by atoms with van der Waals surface area (Å²) >= 11 is 6.07. The lowest BCUT2D eigenvalue weighted by Gasteiger charge is -2.27.